The van der Waals surface area contributed by atoms with E-state index in [-0.39, 0.29) is 22.6 Å². The number of hydrogen-bond donors (Lipinski definition) is 1. The number of nitrogens with zero attached hydrogens (tertiary/aromatic N) is 1. The molecule has 0 aliphatic carbocycles. The Bertz CT molecular complexity index is 1010. The number of carbonyl (C=O) groups is 4. The fraction of sp³-hybridized carbons (Fsp3) is 0.304. The van der Waals surface area contributed by atoms with Gasteiger partial charge in [0.2, 0.25) is 0 Å². The van der Waals surface area contributed by atoms with Gasteiger partial charge in [-0.3, -0.25) is 19.3 Å². The number of ether oxygens (including phenoxy) is 1. The SMILES string of the molecule is Cc1cccc(NC(=O)COC(=O)c2ccc3c(c2)C(=O)N(CCC(C)C)C3=O)c1. The average molecular weight is 408 g/mol. The molecule has 0 fully saturated rings. The van der Waals surface area contributed by atoms with Crippen LogP contribution in [0.2, 0.25) is 0 Å². The van der Waals surface area contributed by atoms with Gasteiger partial charge in [-0.1, -0.05) is 26.0 Å². The van der Waals surface area contributed by atoms with E-state index in [0.717, 1.165) is 5.56 Å². The van der Waals surface area contributed by atoms with E-state index in [1.54, 1.807) is 12.1 Å². The minimum atomic E-state index is -0.738. The summed E-state index contributed by atoms with van der Waals surface area (Å²) >= 11 is 0. The minimum Gasteiger partial charge on any atom is -0.452 e. The Hall–Kier alpha value is -3.48. The van der Waals surface area contributed by atoms with Crippen molar-refractivity contribution >= 4 is 29.4 Å². The van der Waals surface area contributed by atoms with Crippen LogP contribution in [0.4, 0.5) is 5.69 Å². The molecule has 1 heterocycles. The molecule has 0 saturated carbocycles. The summed E-state index contributed by atoms with van der Waals surface area (Å²) in [5.41, 5.74) is 2.17. The fourth-order valence-corrected chi connectivity index (χ4v) is 3.14. The van der Waals surface area contributed by atoms with E-state index in [1.165, 1.54) is 23.1 Å². The second-order valence-electron chi connectivity index (χ2n) is 7.70. The van der Waals surface area contributed by atoms with E-state index < -0.39 is 24.4 Å². The van der Waals surface area contributed by atoms with Crippen LogP contribution < -0.4 is 5.32 Å². The number of amides is 3. The van der Waals surface area contributed by atoms with Gasteiger partial charge in [-0.25, -0.2) is 4.79 Å². The van der Waals surface area contributed by atoms with Crippen molar-refractivity contribution in [2.24, 2.45) is 5.92 Å². The van der Waals surface area contributed by atoms with E-state index >= 15 is 0 Å². The number of nitrogens with one attached hydrogen (secondary N) is 1. The molecule has 0 atom stereocenters. The zero-order valence-corrected chi connectivity index (χ0v) is 17.2. The Balaban J connectivity index is 1.62. The molecule has 2 aromatic carbocycles. The topological polar surface area (TPSA) is 92.8 Å². The molecule has 1 aliphatic heterocycles. The quantitative estimate of drug-likeness (QED) is 0.560. The van der Waals surface area contributed by atoms with E-state index in [2.05, 4.69) is 5.32 Å². The normalized spacial score (nSPS) is 12.9. The van der Waals surface area contributed by atoms with E-state index in [9.17, 15) is 19.2 Å². The van der Waals surface area contributed by atoms with Crippen molar-refractivity contribution in [2.45, 2.75) is 27.2 Å². The molecule has 3 amide bonds. The molecule has 0 radical (unpaired) electrons. The molecule has 7 heteroatoms. The van der Waals surface area contributed by atoms with Gasteiger partial charge in [-0.05, 0) is 55.2 Å². The highest BCUT2D eigenvalue weighted by Gasteiger charge is 2.35. The average Bonchev–Trinajstić information content (AvgIpc) is 2.94. The molecular weight excluding hydrogens is 384 g/mol. The third-order valence-electron chi connectivity index (χ3n) is 4.77. The molecule has 7 nitrogen and oxygen atoms in total. The third kappa shape index (κ3) is 4.74. The standard InChI is InChI=1S/C23H24N2O5/c1-14(2)9-10-25-21(27)18-8-7-16(12-19(18)22(25)28)23(29)30-13-20(26)24-17-6-4-5-15(3)11-17/h4-8,11-12,14H,9-10,13H2,1-3H3,(H,24,26). The summed E-state index contributed by atoms with van der Waals surface area (Å²) in [5.74, 6) is -1.62. The third-order valence-corrected chi connectivity index (χ3v) is 4.77. The Kier molecular flexibility index (Phi) is 6.30. The Morgan fingerprint density at radius 2 is 1.77 bits per heavy atom. The number of aryl methyl sites for hydroxylation is 1. The number of benzene rings is 2. The fourth-order valence-electron chi connectivity index (χ4n) is 3.14. The maximum Gasteiger partial charge on any atom is 0.338 e. The van der Waals surface area contributed by atoms with Gasteiger partial charge in [0.05, 0.1) is 16.7 Å². The van der Waals surface area contributed by atoms with Gasteiger partial charge in [0, 0.05) is 12.2 Å². The molecule has 0 aromatic heterocycles. The second-order valence-corrected chi connectivity index (χ2v) is 7.70. The molecule has 1 N–H and O–H groups in total. The molecular formula is C23H24N2O5. The summed E-state index contributed by atoms with van der Waals surface area (Å²) in [5, 5.41) is 2.65. The molecule has 30 heavy (non-hydrogen) atoms. The number of anilines is 1. The van der Waals surface area contributed by atoms with Crippen LogP contribution in [0, 0.1) is 12.8 Å². The van der Waals surface area contributed by atoms with Crippen molar-refractivity contribution in [3.05, 3.63) is 64.7 Å². The van der Waals surface area contributed by atoms with Crippen molar-refractivity contribution in [1.82, 2.24) is 4.90 Å². The molecule has 0 saturated heterocycles. The van der Waals surface area contributed by atoms with Crippen molar-refractivity contribution in [3.63, 3.8) is 0 Å². The monoisotopic (exact) mass is 408 g/mol. The highest BCUT2D eigenvalue weighted by Crippen LogP contribution is 2.25. The number of carbonyl (C=O) groups excluding carboxylic acids is 4. The van der Waals surface area contributed by atoms with Crippen LogP contribution in [-0.4, -0.2) is 41.7 Å². The van der Waals surface area contributed by atoms with Crippen LogP contribution in [0.1, 0.15) is 56.9 Å². The lowest BCUT2D eigenvalue weighted by Crippen LogP contribution is -2.31. The predicted molar refractivity (Wildman–Crippen MR) is 111 cm³/mol. The van der Waals surface area contributed by atoms with Crippen LogP contribution in [0.5, 0.6) is 0 Å². The minimum absolute atomic E-state index is 0.115. The van der Waals surface area contributed by atoms with Gasteiger partial charge >= 0.3 is 5.97 Å². The van der Waals surface area contributed by atoms with Crippen molar-refractivity contribution in [3.8, 4) is 0 Å². The number of fused-ring (bicyclic) bond motifs is 1. The number of hydrogen-bond acceptors (Lipinski definition) is 5. The molecule has 0 unspecified atom stereocenters. The first-order chi connectivity index (χ1) is 14.3. The Morgan fingerprint density at radius 1 is 1.03 bits per heavy atom. The maximum atomic E-state index is 12.6. The summed E-state index contributed by atoms with van der Waals surface area (Å²) in [6.07, 6.45) is 0.705. The summed E-state index contributed by atoms with van der Waals surface area (Å²) in [6.45, 7) is 5.81. The summed E-state index contributed by atoms with van der Waals surface area (Å²) in [6, 6.07) is 11.5. The zero-order valence-electron chi connectivity index (χ0n) is 17.2. The van der Waals surface area contributed by atoms with Crippen LogP contribution in [-0.2, 0) is 9.53 Å². The second kappa shape index (κ2) is 8.90. The summed E-state index contributed by atoms with van der Waals surface area (Å²) in [4.78, 5) is 50.6. The van der Waals surface area contributed by atoms with Crippen molar-refractivity contribution in [1.29, 1.82) is 0 Å². The van der Waals surface area contributed by atoms with E-state index in [0.29, 0.717) is 24.6 Å². The van der Waals surface area contributed by atoms with E-state index in [4.69, 9.17) is 4.74 Å². The van der Waals surface area contributed by atoms with Gasteiger partial charge in [-0.2, -0.15) is 0 Å². The van der Waals surface area contributed by atoms with Gasteiger partial charge in [0.15, 0.2) is 6.61 Å². The lowest BCUT2D eigenvalue weighted by Gasteiger charge is -2.14. The van der Waals surface area contributed by atoms with Gasteiger partial charge in [0.25, 0.3) is 17.7 Å². The van der Waals surface area contributed by atoms with Crippen molar-refractivity contribution in [2.75, 3.05) is 18.5 Å². The number of esters is 1. The lowest BCUT2D eigenvalue weighted by atomic mass is 10.1. The number of rotatable bonds is 7. The molecule has 3 rings (SSSR count). The van der Waals surface area contributed by atoms with Gasteiger partial charge < -0.3 is 10.1 Å². The smallest absolute Gasteiger partial charge is 0.338 e. The Labute approximate surface area is 175 Å². The molecule has 156 valence electrons. The lowest BCUT2D eigenvalue weighted by molar-refractivity contribution is -0.119. The Morgan fingerprint density at radius 3 is 2.47 bits per heavy atom. The van der Waals surface area contributed by atoms with Crippen LogP contribution in [0.25, 0.3) is 0 Å². The first-order valence-electron chi connectivity index (χ1n) is 9.80. The molecule has 0 bridgehead atoms. The molecule has 1 aliphatic rings. The van der Waals surface area contributed by atoms with Crippen LogP contribution in [0.3, 0.4) is 0 Å². The highest BCUT2D eigenvalue weighted by molar-refractivity contribution is 6.22. The maximum absolute atomic E-state index is 12.6. The first kappa shape index (κ1) is 21.2. The molecule has 0 spiro atoms. The summed E-state index contributed by atoms with van der Waals surface area (Å²) in [7, 11) is 0. The summed E-state index contributed by atoms with van der Waals surface area (Å²) < 4.78 is 5.06. The highest BCUT2D eigenvalue weighted by atomic mass is 16.5. The number of imide groups is 1. The predicted octanol–water partition coefficient (Wildman–Crippen LogP) is 3.43. The van der Waals surface area contributed by atoms with Crippen LogP contribution in [0.15, 0.2) is 42.5 Å². The largest absolute Gasteiger partial charge is 0.452 e. The van der Waals surface area contributed by atoms with Gasteiger partial charge in [0.1, 0.15) is 0 Å². The molecule has 2 aromatic rings. The first-order valence-corrected chi connectivity index (χ1v) is 9.80. The zero-order chi connectivity index (χ0) is 21.8. The van der Waals surface area contributed by atoms with E-state index in [1.807, 2.05) is 32.9 Å². The van der Waals surface area contributed by atoms with Crippen LogP contribution >= 0.6 is 0 Å². The van der Waals surface area contributed by atoms with Gasteiger partial charge in [-0.15, -0.1) is 0 Å². The van der Waals surface area contributed by atoms with Crippen molar-refractivity contribution < 1.29 is 23.9 Å².